The summed E-state index contributed by atoms with van der Waals surface area (Å²) in [7, 11) is 0. The molecule has 0 aliphatic heterocycles. The molecular formula is C16H20Fe-6. The fourth-order valence-corrected chi connectivity index (χ4v) is 1.51. The van der Waals surface area contributed by atoms with E-state index < -0.39 is 0 Å². The maximum Gasteiger partial charge on any atom is 0 e. The molecule has 0 heterocycles. The van der Waals surface area contributed by atoms with E-state index >= 15 is 0 Å². The standard InChI is InChI=1S/C9H11.C7H9.Fe/c1-3-8-5-6-9(4-2)7-8;1-2-7-5-3-4-6-7;/h3,5-7H,1,4H2,2H3;3-6H,2H2,1H3;/q-1;-5;. The smallest absolute Gasteiger partial charge is 0 e. The molecule has 0 atom stereocenters. The van der Waals surface area contributed by atoms with Gasteiger partial charge >= 0.3 is 0 Å². The quantitative estimate of drug-likeness (QED) is 0.564. The van der Waals surface area contributed by atoms with Crippen LogP contribution in [0.2, 0.25) is 0 Å². The van der Waals surface area contributed by atoms with Gasteiger partial charge in [-0.25, -0.2) is 6.42 Å². The average molecular weight is 268 g/mol. The van der Waals surface area contributed by atoms with Gasteiger partial charge in [-0.15, -0.1) is 23.8 Å². The molecule has 0 unspecified atom stereocenters. The third kappa shape index (κ3) is 5.72. The molecule has 2 aromatic carbocycles. The van der Waals surface area contributed by atoms with Gasteiger partial charge in [0.1, 0.15) is 0 Å². The van der Waals surface area contributed by atoms with Crippen molar-refractivity contribution in [3.05, 3.63) is 65.7 Å². The van der Waals surface area contributed by atoms with Crippen LogP contribution in [0.3, 0.4) is 0 Å². The van der Waals surface area contributed by atoms with Crippen molar-refractivity contribution in [2.24, 2.45) is 0 Å². The molecule has 0 amide bonds. The molecule has 0 aromatic heterocycles. The van der Waals surface area contributed by atoms with Crippen LogP contribution in [0.15, 0.2) is 49.0 Å². The van der Waals surface area contributed by atoms with Gasteiger partial charge in [-0.05, 0) is 0 Å². The summed E-state index contributed by atoms with van der Waals surface area (Å²) < 4.78 is 0. The van der Waals surface area contributed by atoms with Crippen molar-refractivity contribution in [3.8, 4) is 0 Å². The van der Waals surface area contributed by atoms with Crippen molar-refractivity contribution in [1.29, 1.82) is 0 Å². The third-order valence-electron chi connectivity index (χ3n) is 2.63. The number of hydrogen-bond acceptors (Lipinski definition) is 0. The van der Waals surface area contributed by atoms with Crippen molar-refractivity contribution in [2.45, 2.75) is 26.7 Å². The van der Waals surface area contributed by atoms with Crippen molar-refractivity contribution >= 4 is 6.08 Å². The first-order valence-corrected chi connectivity index (χ1v) is 5.88. The van der Waals surface area contributed by atoms with Crippen LogP contribution in [0.5, 0.6) is 0 Å². The molecule has 1 heteroatoms. The summed E-state index contributed by atoms with van der Waals surface area (Å²) in [6.45, 7) is 8.00. The molecule has 17 heavy (non-hydrogen) atoms. The second-order valence-electron chi connectivity index (χ2n) is 3.76. The van der Waals surface area contributed by atoms with E-state index in [4.69, 9.17) is 0 Å². The van der Waals surface area contributed by atoms with Gasteiger partial charge in [0.05, 0.1) is 0 Å². The van der Waals surface area contributed by atoms with E-state index in [2.05, 4.69) is 62.9 Å². The molecule has 2 rings (SSSR count). The van der Waals surface area contributed by atoms with Crippen LogP contribution in [-0.2, 0) is 29.9 Å². The molecule has 0 fully saturated rings. The second kappa shape index (κ2) is 9.04. The summed E-state index contributed by atoms with van der Waals surface area (Å²) in [5, 5.41) is 0. The van der Waals surface area contributed by atoms with Crippen molar-refractivity contribution in [3.63, 3.8) is 0 Å². The minimum absolute atomic E-state index is 0. The summed E-state index contributed by atoms with van der Waals surface area (Å²) in [5.74, 6) is 0. The monoisotopic (exact) mass is 268 g/mol. The minimum atomic E-state index is 0. The zero-order valence-corrected chi connectivity index (χ0v) is 11.7. The van der Waals surface area contributed by atoms with Gasteiger partial charge < -0.3 is 29.8 Å². The zero-order valence-electron chi connectivity index (χ0n) is 10.6. The van der Waals surface area contributed by atoms with Crippen molar-refractivity contribution < 1.29 is 17.1 Å². The first-order chi connectivity index (χ1) is 7.80. The molecule has 0 nitrogen and oxygen atoms in total. The topological polar surface area (TPSA) is 0 Å². The molecule has 98 valence electrons. The molecular weight excluding hydrogens is 248 g/mol. The predicted molar refractivity (Wildman–Crippen MR) is 72.9 cm³/mol. The van der Waals surface area contributed by atoms with Crippen LogP contribution in [0, 0.1) is 0 Å². The maximum atomic E-state index is 3.68. The summed E-state index contributed by atoms with van der Waals surface area (Å²) in [4.78, 5) is 0. The first kappa shape index (κ1) is 16.0. The van der Waals surface area contributed by atoms with E-state index in [0.29, 0.717) is 0 Å². The van der Waals surface area contributed by atoms with Crippen LogP contribution in [0.4, 0.5) is 0 Å². The Morgan fingerprint density at radius 3 is 2.24 bits per heavy atom. The van der Waals surface area contributed by atoms with E-state index in [9.17, 15) is 0 Å². The normalized spacial score (nSPS) is 8.82. The van der Waals surface area contributed by atoms with Gasteiger partial charge in [0, 0.05) is 17.1 Å². The Hall–Kier alpha value is -1.04. The molecule has 0 radical (unpaired) electrons. The largest absolute Gasteiger partial charge is 0.748 e. The maximum absolute atomic E-state index is 3.68. The van der Waals surface area contributed by atoms with Crippen LogP contribution in [0.1, 0.15) is 30.5 Å². The average Bonchev–Trinajstić information content (AvgIpc) is 3.00. The van der Waals surface area contributed by atoms with Crippen LogP contribution < -0.4 is 0 Å². The Kier molecular flexibility index (Phi) is 8.48. The van der Waals surface area contributed by atoms with Crippen molar-refractivity contribution in [1.82, 2.24) is 0 Å². The van der Waals surface area contributed by atoms with Crippen LogP contribution in [0.25, 0.3) is 6.08 Å². The Morgan fingerprint density at radius 1 is 1.29 bits per heavy atom. The predicted octanol–water partition coefficient (Wildman–Crippen LogP) is 4.58. The Morgan fingerprint density at radius 2 is 1.94 bits per heavy atom. The fourth-order valence-electron chi connectivity index (χ4n) is 1.51. The molecule has 0 saturated heterocycles. The molecule has 0 aliphatic carbocycles. The molecule has 0 N–H and O–H groups in total. The molecule has 0 bridgehead atoms. The van der Waals surface area contributed by atoms with Crippen LogP contribution >= 0.6 is 0 Å². The summed E-state index contributed by atoms with van der Waals surface area (Å²) >= 11 is 0. The molecule has 0 spiro atoms. The molecule has 0 aliphatic rings. The second-order valence-corrected chi connectivity index (χ2v) is 3.76. The van der Waals surface area contributed by atoms with E-state index in [-0.39, 0.29) is 17.1 Å². The van der Waals surface area contributed by atoms with Gasteiger partial charge in [-0.3, -0.25) is 0 Å². The number of rotatable bonds is 3. The van der Waals surface area contributed by atoms with Crippen molar-refractivity contribution in [2.75, 3.05) is 0 Å². The minimum Gasteiger partial charge on any atom is -0.748 e. The van der Waals surface area contributed by atoms with E-state index in [1.807, 2.05) is 6.08 Å². The molecule has 0 saturated carbocycles. The Labute approximate surface area is 116 Å². The number of aryl methyl sites for hydroxylation is 2. The third-order valence-corrected chi connectivity index (χ3v) is 2.63. The zero-order chi connectivity index (χ0) is 11.8. The Bertz CT molecular complexity index is 393. The van der Waals surface area contributed by atoms with Gasteiger partial charge in [-0.1, -0.05) is 20.3 Å². The summed E-state index contributed by atoms with van der Waals surface area (Å²) in [6.07, 6.45) is 4.15. The van der Waals surface area contributed by atoms with Crippen LogP contribution in [-0.4, -0.2) is 0 Å². The van der Waals surface area contributed by atoms with E-state index in [1.54, 1.807) is 0 Å². The van der Waals surface area contributed by atoms with E-state index in [0.717, 1.165) is 12.8 Å². The SMILES string of the molecule is C=C[c-]1ccc(CC)c1.CC[c-]1[cH-][cH-][cH-][cH-]1.[Fe]. The summed E-state index contributed by atoms with van der Waals surface area (Å²) in [5.41, 5.74) is 4.05. The summed E-state index contributed by atoms with van der Waals surface area (Å²) in [6, 6.07) is 14.8. The number of hydrogen-bond donors (Lipinski definition) is 0. The Balaban J connectivity index is 0.000000292. The molecule has 2 aromatic rings. The van der Waals surface area contributed by atoms with Gasteiger partial charge in [0.2, 0.25) is 0 Å². The van der Waals surface area contributed by atoms with Gasteiger partial charge in [0.15, 0.2) is 0 Å². The van der Waals surface area contributed by atoms with Gasteiger partial charge in [-0.2, -0.15) is 18.2 Å². The van der Waals surface area contributed by atoms with Gasteiger partial charge in [0.25, 0.3) is 0 Å². The first-order valence-electron chi connectivity index (χ1n) is 5.88. The van der Waals surface area contributed by atoms with E-state index in [1.165, 1.54) is 16.7 Å². The fraction of sp³-hybridized carbons (Fsp3) is 0.250.